The Balaban J connectivity index is 1.60. The summed E-state index contributed by atoms with van der Waals surface area (Å²) in [6.07, 6.45) is 1.87. The number of amides is 1. The van der Waals surface area contributed by atoms with Gasteiger partial charge < -0.3 is 15.0 Å². The number of aromatic nitrogens is 2. The van der Waals surface area contributed by atoms with E-state index in [4.69, 9.17) is 21.3 Å². The molecule has 1 aromatic heterocycles. The van der Waals surface area contributed by atoms with Crippen LogP contribution in [0.3, 0.4) is 0 Å². The zero-order chi connectivity index (χ0) is 24.8. The number of carbonyl (C=O) groups excluding carboxylic acids is 1. The molecule has 5 nitrogen and oxygen atoms in total. The molecule has 4 rings (SSSR count). The summed E-state index contributed by atoms with van der Waals surface area (Å²) in [4.78, 5) is 21.3. The maximum Gasteiger partial charge on any atom is 0.265 e. The molecule has 0 aliphatic carbocycles. The number of H-pyrrole nitrogens is 1. The third-order valence-corrected chi connectivity index (χ3v) is 6.13. The van der Waals surface area contributed by atoms with Gasteiger partial charge in [-0.25, -0.2) is 4.98 Å². The van der Waals surface area contributed by atoms with Gasteiger partial charge >= 0.3 is 0 Å². The second kappa shape index (κ2) is 11.2. The van der Waals surface area contributed by atoms with Gasteiger partial charge in [-0.05, 0) is 44.4 Å². The van der Waals surface area contributed by atoms with Crippen LogP contribution in [-0.2, 0) is 4.79 Å². The summed E-state index contributed by atoms with van der Waals surface area (Å²) in [6.45, 7) is 6.14. The molecule has 0 radical (unpaired) electrons. The third kappa shape index (κ3) is 5.92. The van der Waals surface area contributed by atoms with Gasteiger partial charge in [0.1, 0.15) is 22.4 Å². The molecule has 0 aliphatic heterocycles. The number of imidazole rings is 1. The van der Waals surface area contributed by atoms with Gasteiger partial charge in [0.15, 0.2) is 6.10 Å². The van der Waals surface area contributed by atoms with Crippen LogP contribution in [-0.4, -0.2) is 22.0 Å². The van der Waals surface area contributed by atoms with Gasteiger partial charge in [-0.1, -0.05) is 91.2 Å². The quantitative estimate of drug-likeness (QED) is 0.255. The van der Waals surface area contributed by atoms with Crippen molar-refractivity contribution in [2.24, 2.45) is 0 Å². The summed E-state index contributed by atoms with van der Waals surface area (Å²) >= 11 is 6.55. The fourth-order valence-electron chi connectivity index (χ4n) is 3.99. The largest absolute Gasteiger partial charge is 0.480 e. The van der Waals surface area contributed by atoms with Crippen molar-refractivity contribution in [2.75, 3.05) is 5.32 Å². The van der Waals surface area contributed by atoms with Gasteiger partial charge in [-0.3, -0.25) is 4.79 Å². The summed E-state index contributed by atoms with van der Waals surface area (Å²) in [5.41, 5.74) is 5.06. The summed E-state index contributed by atoms with van der Waals surface area (Å²) in [5, 5.41) is 3.49. The van der Waals surface area contributed by atoms with E-state index in [1.54, 1.807) is 0 Å². The third-order valence-electron chi connectivity index (χ3n) is 5.86. The first-order chi connectivity index (χ1) is 17.0. The van der Waals surface area contributed by atoms with E-state index in [1.165, 1.54) is 0 Å². The van der Waals surface area contributed by atoms with E-state index in [2.05, 4.69) is 23.3 Å². The summed E-state index contributed by atoms with van der Waals surface area (Å²) in [7, 11) is 0. The molecule has 35 heavy (non-hydrogen) atoms. The van der Waals surface area contributed by atoms with Crippen molar-refractivity contribution in [1.82, 2.24) is 9.97 Å². The van der Waals surface area contributed by atoms with Crippen molar-refractivity contribution < 1.29 is 9.53 Å². The van der Waals surface area contributed by atoms with E-state index < -0.39 is 6.10 Å². The SMILES string of the molecule is CCCCC(Oc1ccc(C)cc1C)C(=O)Nc1ccccc1-c1nc(-c2ccccc2)[nH]c1Cl. The zero-order valence-electron chi connectivity index (χ0n) is 20.3. The Morgan fingerprint density at radius 3 is 2.54 bits per heavy atom. The molecule has 0 saturated carbocycles. The fraction of sp³-hybridized carbons (Fsp3) is 0.241. The van der Waals surface area contributed by atoms with Crippen LogP contribution in [0.25, 0.3) is 22.6 Å². The highest BCUT2D eigenvalue weighted by Crippen LogP contribution is 2.34. The lowest BCUT2D eigenvalue weighted by Crippen LogP contribution is -2.33. The number of aromatic amines is 1. The molecule has 1 unspecified atom stereocenters. The Kier molecular flexibility index (Phi) is 7.88. The molecule has 1 heterocycles. The standard InChI is InChI=1S/C29H30ClN3O2/c1-4-5-15-25(35-24-17-16-19(2)18-20(24)3)29(34)31-23-14-10-9-13-22(23)26-27(30)33-28(32-26)21-11-7-6-8-12-21/h6-14,16-18,25H,4-5,15H2,1-3H3,(H,31,34)(H,32,33). The molecule has 2 N–H and O–H groups in total. The minimum Gasteiger partial charge on any atom is -0.480 e. The normalized spacial score (nSPS) is 11.8. The number of anilines is 1. The van der Waals surface area contributed by atoms with Crippen molar-refractivity contribution in [2.45, 2.75) is 46.1 Å². The second-order valence-corrected chi connectivity index (χ2v) is 9.04. The van der Waals surface area contributed by atoms with E-state index in [-0.39, 0.29) is 5.91 Å². The van der Waals surface area contributed by atoms with Crippen molar-refractivity contribution in [3.63, 3.8) is 0 Å². The van der Waals surface area contributed by atoms with E-state index in [0.717, 1.165) is 40.8 Å². The van der Waals surface area contributed by atoms with Crippen LogP contribution >= 0.6 is 11.6 Å². The van der Waals surface area contributed by atoms with Crippen LogP contribution in [0.1, 0.15) is 37.3 Å². The van der Waals surface area contributed by atoms with Gasteiger partial charge in [0.05, 0.1) is 5.69 Å². The van der Waals surface area contributed by atoms with Crippen LogP contribution in [0.5, 0.6) is 5.75 Å². The topological polar surface area (TPSA) is 67.0 Å². The van der Waals surface area contributed by atoms with Crippen molar-refractivity contribution >= 4 is 23.2 Å². The maximum absolute atomic E-state index is 13.4. The molecular weight excluding hydrogens is 458 g/mol. The first-order valence-electron chi connectivity index (χ1n) is 11.9. The number of nitrogens with one attached hydrogen (secondary N) is 2. The first-order valence-corrected chi connectivity index (χ1v) is 12.3. The lowest BCUT2D eigenvalue weighted by molar-refractivity contribution is -0.123. The number of ether oxygens (including phenoxy) is 1. The number of para-hydroxylation sites is 1. The number of benzene rings is 3. The average molecular weight is 488 g/mol. The number of hydrogen-bond acceptors (Lipinski definition) is 3. The molecule has 0 spiro atoms. The highest BCUT2D eigenvalue weighted by atomic mass is 35.5. The molecule has 0 aliphatic rings. The van der Waals surface area contributed by atoms with Gasteiger partial charge in [0, 0.05) is 11.1 Å². The number of unbranched alkanes of at least 4 members (excludes halogenated alkanes) is 1. The van der Waals surface area contributed by atoms with E-state index >= 15 is 0 Å². The number of aryl methyl sites for hydroxylation is 2. The van der Waals surface area contributed by atoms with Crippen LogP contribution < -0.4 is 10.1 Å². The molecule has 6 heteroatoms. The predicted octanol–water partition coefficient (Wildman–Crippen LogP) is 7.59. The predicted molar refractivity (Wildman–Crippen MR) is 143 cm³/mol. The zero-order valence-corrected chi connectivity index (χ0v) is 21.0. The fourth-order valence-corrected chi connectivity index (χ4v) is 4.23. The lowest BCUT2D eigenvalue weighted by atomic mass is 10.1. The number of carbonyl (C=O) groups is 1. The lowest BCUT2D eigenvalue weighted by Gasteiger charge is -2.21. The molecule has 3 aromatic carbocycles. The van der Waals surface area contributed by atoms with Crippen LogP contribution in [0, 0.1) is 13.8 Å². The van der Waals surface area contributed by atoms with Gasteiger partial charge in [-0.15, -0.1) is 0 Å². The molecule has 0 fully saturated rings. The van der Waals surface area contributed by atoms with E-state index in [0.29, 0.717) is 28.8 Å². The Bertz CT molecular complexity index is 1300. The van der Waals surface area contributed by atoms with Gasteiger partial charge in [0.2, 0.25) is 0 Å². The molecule has 180 valence electrons. The summed E-state index contributed by atoms with van der Waals surface area (Å²) in [6, 6.07) is 23.3. The highest BCUT2D eigenvalue weighted by Gasteiger charge is 2.23. The Hall–Kier alpha value is -3.57. The second-order valence-electron chi connectivity index (χ2n) is 8.67. The molecule has 1 atom stereocenters. The number of nitrogens with zero attached hydrogens (tertiary/aromatic N) is 1. The molecule has 4 aromatic rings. The Morgan fingerprint density at radius 2 is 1.80 bits per heavy atom. The smallest absolute Gasteiger partial charge is 0.265 e. The van der Waals surface area contributed by atoms with Crippen molar-refractivity contribution in [3.8, 4) is 28.4 Å². The highest BCUT2D eigenvalue weighted by molar-refractivity contribution is 6.32. The molecule has 1 amide bonds. The van der Waals surface area contributed by atoms with Crippen LogP contribution in [0.15, 0.2) is 72.8 Å². The molecule has 0 bridgehead atoms. The monoisotopic (exact) mass is 487 g/mol. The van der Waals surface area contributed by atoms with E-state index in [9.17, 15) is 4.79 Å². The minimum absolute atomic E-state index is 0.194. The minimum atomic E-state index is -0.612. The maximum atomic E-state index is 13.4. The van der Waals surface area contributed by atoms with Gasteiger partial charge in [0.25, 0.3) is 5.91 Å². The van der Waals surface area contributed by atoms with Crippen LogP contribution in [0.2, 0.25) is 5.15 Å². The summed E-state index contributed by atoms with van der Waals surface area (Å²) < 4.78 is 6.21. The number of hydrogen-bond donors (Lipinski definition) is 2. The van der Waals surface area contributed by atoms with Gasteiger partial charge in [-0.2, -0.15) is 0 Å². The Labute approximate surface area is 211 Å². The van der Waals surface area contributed by atoms with Crippen molar-refractivity contribution in [3.05, 3.63) is 89.1 Å². The first kappa shape index (κ1) is 24.6. The average Bonchev–Trinajstić information content (AvgIpc) is 3.25. The summed E-state index contributed by atoms with van der Waals surface area (Å²) in [5.74, 6) is 1.20. The number of halogens is 1. The van der Waals surface area contributed by atoms with E-state index in [1.807, 2.05) is 80.6 Å². The van der Waals surface area contributed by atoms with Crippen LogP contribution in [0.4, 0.5) is 5.69 Å². The Morgan fingerprint density at radius 1 is 1.06 bits per heavy atom. The van der Waals surface area contributed by atoms with Crippen molar-refractivity contribution in [1.29, 1.82) is 0 Å². The molecular formula is C29H30ClN3O2. The number of rotatable bonds is 9. The molecule has 0 saturated heterocycles.